The lowest BCUT2D eigenvalue weighted by Gasteiger charge is -2.35. The van der Waals surface area contributed by atoms with Crippen molar-refractivity contribution in [1.82, 2.24) is 9.80 Å². The van der Waals surface area contributed by atoms with Crippen molar-refractivity contribution >= 4 is 11.6 Å². The van der Waals surface area contributed by atoms with Gasteiger partial charge in [-0.25, -0.2) is 0 Å². The van der Waals surface area contributed by atoms with Gasteiger partial charge < -0.3 is 14.7 Å². The van der Waals surface area contributed by atoms with Gasteiger partial charge in [-0.05, 0) is 24.3 Å². The van der Waals surface area contributed by atoms with Crippen molar-refractivity contribution in [2.24, 2.45) is 0 Å². The number of piperazine rings is 1. The van der Waals surface area contributed by atoms with Crippen LogP contribution in [0.25, 0.3) is 0 Å². The van der Waals surface area contributed by atoms with E-state index in [4.69, 9.17) is 4.74 Å². The standard InChI is InChI=1S/C20H23N3O5/c24-18(15-28-19-4-2-1-3-5-19)14-21-10-12-22(13-11-21)20(25)16-6-8-17(9-7-16)23(26)27/h1-9,18,24H,10-15H2/t18-/m1/s1. The molecule has 8 nitrogen and oxygen atoms in total. The lowest BCUT2D eigenvalue weighted by molar-refractivity contribution is -0.384. The Kier molecular flexibility index (Phi) is 6.57. The summed E-state index contributed by atoms with van der Waals surface area (Å²) in [6, 6.07) is 15.0. The molecule has 28 heavy (non-hydrogen) atoms. The predicted octanol–water partition coefficient (Wildman–Crippen LogP) is 1.79. The van der Waals surface area contributed by atoms with E-state index in [1.54, 1.807) is 4.90 Å². The van der Waals surface area contributed by atoms with E-state index in [1.165, 1.54) is 24.3 Å². The number of rotatable bonds is 7. The Bertz CT molecular complexity index is 789. The Hall–Kier alpha value is -2.97. The van der Waals surface area contributed by atoms with Crippen molar-refractivity contribution in [2.75, 3.05) is 39.3 Å². The van der Waals surface area contributed by atoms with Crippen LogP contribution in [-0.4, -0.2) is 71.2 Å². The normalized spacial score (nSPS) is 15.8. The van der Waals surface area contributed by atoms with E-state index in [0.29, 0.717) is 38.3 Å². The third-order valence-electron chi connectivity index (χ3n) is 4.64. The van der Waals surface area contributed by atoms with Crippen LogP contribution in [0.2, 0.25) is 0 Å². The number of hydrogen-bond acceptors (Lipinski definition) is 6. The number of aliphatic hydroxyl groups excluding tert-OH is 1. The van der Waals surface area contributed by atoms with Crippen LogP contribution in [0.3, 0.4) is 0 Å². The monoisotopic (exact) mass is 385 g/mol. The second kappa shape index (κ2) is 9.29. The third-order valence-corrected chi connectivity index (χ3v) is 4.64. The van der Waals surface area contributed by atoms with Crippen LogP contribution >= 0.6 is 0 Å². The van der Waals surface area contributed by atoms with Crippen LogP contribution < -0.4 is 4.74 Å². The van der Waals surface area contributed by atoms with E-state index in [2.05, 4.69) is 4.90 Å². The van der Waals surface area contributed by atoms with Gasteiger partial charge in [-0.3, -0.25) is 19.8 Å². The molecule has 1 aliphatic heterocycles. The Morgan fingerprint density at radius 3 is 2.32 bits per heavy atom. The molecule has 0 aromatic heterocycles. The van der Waals surface area contributed by atoms with Gasteiger partial charge in [-0.15, -0.1) is 0 Å². The van der Waals surface area contributed by atoms with Gasteiger partial charge in [-0.2, -0.15) is 0 Å². The molecule has 2 aromatic rings. The fourth-order valence-corrected chi connectivity index (χ4v) is 3.10. The number of carbonyl (C=O) groups is 1. The number of aliphatic hydroxyl groups is 1. The number of para-hydroxylation sites is 1. The Morgan fingerprint density at radius 2 is 1.71 bits per heavy atom. The van der Waals surface area contributed by atoms with Gasteiger partial charge in [0.2, 0.25) is 0 Å². The molecule has 1 amide bonds. The molecule has 0 bridgehead atoms. The zero-order chi connectivity index (χ0) is 19.9. The van der Waals surface area contributed by atoms with Crippen LogP contribution in [0.1, 0.15) is 10.4 Å². The van der Waals surface area contributed by atoms with Crippen molar-refractivity contribution in [3.05, 3.63) is 70.3 Å². The van der Waals surface area contributed by atoms with Crippen molar-refractivity contribution in [3.8, 4) is 5.75 Å². The molecule has 3 rings (SSSR count). The SMILES string of the molecule is O=C(c1ccc([N+](=O)[O-])cc1)N1CCN(C[C@@H](O)COc2ccccc2)CC1. The molecule has 1 heterocycles. The lowest BCUT2D eigenvalue weighted by atomic mass is 10.1. The summed E-state index contributed by atoms with van der Waals surface area (Å²) in [6.07, 6.45) is -0.614. The first-order chi connectivity index (χ1) is 13.5. The van der Waals surface area contributed by atoms with Crippen LogP contribution in [0.5, 0.6) is 5.75 Å². The van der Waals surface area contributed by atoms with Gasteiger partial charge in [0.25, 0.3) is 11.6 Å². The maximum atomic E-state index is 12.5. The first-order valence-corrected chi connectivity index (χ1v) is 9.15. The summed E-state index contributed by atoms with van der Waals surface area (Å²) in [7, 11) is 0. The van der Waals surface area contributed by atoms with Crippen molar-refractivity contribution in [2.45, 2.75) is 6.10 Å². The Morgan fingerprint density at radius 1 is 1.07 bits per heavy atom. The fourth-order valence-electron chi connectivity index (χ4n) is 3.10. The zero-order valence-corrected chi connectivity index (χ0v) is 15.4. The van der Waals surface area contributed by atoms with Gasteiger partial charge >= 0.3 is 0 Å². The summed E-state index contributed by atoms with van der Waals surface area (Å²) in [4.78, 5) is 26.6. The van der Waals surface area contributed by atoms with E-state index < -0.39 is 11.0 Å². The molecule has 0 saturated carbocycles. The van der Waals surface area contributed by atoms with Crippen LogP contribution in [-0.2, 0) is 0 Å². The highest BCUT2D eigenvalue weighted by molar-refractivity contribution is 5.94. The topological polar surface area (TPSA) is 96.2 Å². The number of hydrogen-bond donors (Lipinski definition) is 1. The third kappa shape index (κ3) is 5.28. The summed E-state index contributed by atoms with van der Waals surface area (Å²) in [6.45, 7) is 3.09. The molecule has 1 N–H and O–H groups in total. The average Bonchev–Trinajstić information content (AvgIpc) is 2.73. The van der Waals surface area contributed by atoms with E-state index in [1.807, 2.05) is 30.3 Å². The summed E-state index contributed by atoms with van der Waals surface area (Å²) in [5.41, 5.74) is 0.406. The first-order valence-electron chi connectivity index (χ1n) is 9.15. The Labute approximate surface area is 163 Å². The number of carbonyl (C=O) groups excluding carboxylic acids is 1. The molecule has 0 aliphatic carbocycles. The minimum absolute atomic E-state index is 0.0342. The smallest absolute Gasteiger partial charge is 0.269 e. The van der Waals surface area contributed by atoms with Crippen molar-refractivity contribution < 1.29 is 19.6 Å². The van der Waals surface area contributed by atoms with E-state index in [-0.39, 0.29) is 18.2 Å². The van der Waals surface area contributed by atoms with Crippen LogP contribution in [0, 0.1) is 10.1 Å². The Balaban J connectivity index is 1.43. The largest absolute Gasteiger partial charge is 0.491 e. The fraction of sp³-hybridized carbons (Fsp3) is 0.350. The van der Waals surface area contributed by atoms with Gasteiger partial charge in [0.1, 0.15) is 18.5 Å². The highest BCUT2D eigenvalue weighted by Gasteiger charge is 2.24. The minimum Gasteiger partial charge on any atom is -0.491 e. The molecule has 8 heteroatoms. The van der Waals surface area contributed by atoms with E-state index >= 15 is 0 Å². The molecule has 2 aromatic carbocycles. The number of β-amino-alcohol motifs (C(OH)–C–C–N with tert-alkyl or cyclic N) is 1. The van der Waals surface area contributed by atoms with Gasteiger partial charge in [-0.1, -0.05) is 18.2 Å². The maximum absolute atomic E-state index is 12.5. The molecule has 1 aliphatic rings. The first kappa shape index (κ1) is 19.8. The number of nitro benzene ring substituents is 1. The van der Waals surface area contributed by atoms with Gasteiger partial charge in [0, 0.05) is 50.4 Å². The summed E-state index contributed by atoms with van der Waals surface area (Å²) >= 11 is 0. The van der Waals surface area contributed by atoms with Crippen molar-refractivity contribution in [3.63, 3.8) is 0 Å². The molecular weight excluding hydrogens is 362 g/mol. The summed E-state index contributed by atoms with van der Waals surface area (Å²) in [5, 5.41) is 20.9. The molecule has 0 spiro atoms. The highest BCUT2D eigenvalue weighted by atomic mass is 16.6. The maximum Gasteiger partial charge on any atom is 0.269 e. The van der Waals surface area contributed by atoms with Gasteiger partial charge in [0.15, 0.2) is 0 Å². The summed E-state index contributed by atoms with van der Waals surface area (Å²) in [5.74, 6) is 0.586. The predicted molar refractivity (Wildman–Crippen MR) is 103 cm³/mol. The molecule has 1 fully saturated rings. The summed E-state index contributed by atoms with van der Waals surface area (Å²) < 4.78 is 5.56. The number of ether oxygens (including phenoxy) is 1. The van der Waals surface area contributed by atoms with Crippen LogP contribution in [0.15, 0.2) is 54.6 Å². The number of nitro groups is 1. The molecule has 0 unspecified atom stereocenters. The number of nitrogens with zero attached hydrogens (tertiary/aromatic N) is 3. The molecule has 1 atom stereocenters. The van der Waals surface area contributed by atoms with Crippen LogP contribution in [0.4, 0.5) is 5.69 Å². The minimum atomic E-state index is -0.614. The zero-order valence-electron chi connectivity index (χ0n) is 15.4. The quantitative estimate of drug-likeness (QED) is 0.577. The number of non-ortho nitro benzene ring substituents is 1. The van der Waals surface area contributed by atoms with Gasteiger partial charge in [0.05, 0.1) is 4.92 Å². The van der Waals surface area contributed by atoms with E-state index in [9.17, 15) is 20.0 Å². The second-order valence-electron chi connectivity index (χ2n) is 6.67. The molecule has 148 valence electrons. The lowest BCUT2D eigenvalue weighted by Crippen LogP contribution is -2.50. The average molecular weight is 385 g/mol. The molecular formula is C20H23N3O5. The van der Waals surface area contributed by atoms with Crippen molar-refractivity contribution in [1.29, 1.82) is 0 Å². The number of amides is 1. The number of benzene rings is 2. The second-order valence-corrected chi connectivity index (χ2v) is 6.67. The molecule has 1 saturated heterocycles. The molecule has 0 radical (unpaired) electrons. The highest BCUT2D eigenvalue weighted by Crippen LogP contribution is 2.15. The van der Waals surface area contributed by atoms with E-state index in [0.717, 1.165) is 5.75 Å².